The second kappa shape index (κ2) is 8.99. The molecule has 0 fully saturated rings. The highest BCUT2D eigenvalue weighted by Crippen LogP contribution is 2.30. The van der Waals surface area contributed by atoms with E-state index in [9.17, 15) is 18.0 Å². The van der Waals surface area contributed by atoms with E-state index in [0.29, 0.717) is 22.2 Å². The molecule has 3 heterocycles. The number of pyridine rings is 1. The molecular formula is C20H14Cl2F3N3O3. The smallest absolute Gasteiger partial charge is 0.475 e. The zero-order chi connectivity index (χ0) is 22.8. The quantitative estimate of drug-likeness (QED) is 0.491. The van der Waals surface area contributed by atoms with Crippen molar-refractivity contribution in [3.8, 4) is 22.5 Å². The Balaban J connectivity index is 0.000000339. The van der Waals surface area contributed by atoms with Gasteiger partial charge in [-0.1, -0.05) is 29.3 Å². The molecule has 0 radical (unpaired) electrons. The van der Waals surface area contributed by atoms with E-state index in [1.807, 2.05) is 24.3 Å². The summed E-state index contributed by atoms with van der Waals surface area (Å²) in [4.78, 5) is 28.6. The molecule has 0 aliphatic carbocycles. The van der Waals surface area contributed by atoms with Gasteiger partial charge in [-0.3, -0.25) is 9.78 Å². The fourth-order valence-corrected chi connectivity index (χ4v) is 3.16. The Kier molecular flexibility index (Phi) is 6.56. The highest BCUT2D eigenvalue weighted by molar-refractivity contribution is 6.42. The number of carbonyl (C=O) groups excluding carboxylic acids is 1. The molecular weight excluding hydrogens is 458 g/mol. The van der Waals surface area contributed by atoms with Gasteiger partial charge >= 0.3 is 12.1 Å². The third-order valence-corrected chi connectivity index (χ3v) is 5.07. The number of amides is 1. The molecule has 1 aliphatic heterocycles. The number of carboxylic acid groups (broad SMARTS) is 1. The first-order valence-corrected chi connectivity index (χ1v) is 9.54. The number of aromatic nitrogens is 2. The number of hydrogen-bond donors (Lipinski definition) is 3. The first-order valence-electron chi connectivity index (χ1n) is 8.78. The summed E-state index contributed by atoms with van der Waals surface area (Å²) in [5, 5.41) is 11.0. The van der Waals surface area contributed by atoms with Crippen LogP contribution < -0.4 is 5.32 Å². The molecule has 162 valence electrons. The Labute approximate surface area is 184 Å². The van der Waals surface area contributed by atoms with Crippen LogP contribution in [-0.4, -0.2) is 39.7 Å². The Bertz CT molecular complexity index is 1150. The van der Waals surface area contributed by atoms with Crippen LogP contribution in [0.1, 0.15) is 16.1 Å². The Morgan fingerprint density at radius 2 is 1.77 bits per heavy atom. The second-order valence-corrected chi connectivity index (χ2v) is 7.26. The van der Waals surface area contributed by atoms with Gasteiger partial charge in [0.25, 0.3) is 5.91 Å². The number of hydrogen-bond acceptors (Lipinski definition) is 3. The minimum Gasteiger partial charge on any atom is -0.475 e. The summed E-state index contributed by atoms with van der Waals surface area (Å²) < 4.78 is 31.7. The van der Waals surface area contributed by atoms with Gasteiger partial charge in [0.15, 0.2) is 0 Å². The van der Waals surface area contributed by atoms with Gasteiger partial charge < -0.3 is 15.4 Å². The summed E-state index contributed by atoms with van der Waals surface area (Å²) in [5.74, 6) is -2.79. The average molecular weight is 472 g/mol. The number of rotatable bonds is 2. The predicted molar refractivity (Wildman–Crippen MR) is 109 cm³/mol. The summed E-state index contributed by atoms with van der Waals surface area (Å²) in [5.41, 5.74) is 5.24. The second-order valence-electron chi connectivity index (χ2n) is 6.44. The van der Waals surface area contributed by atoms with E-state index in [-0.39, 0.29) is 5.91 Å². The topological polar surface area (TPSA) is 95.1 Å². The summed E-state index contributed by atoms with van der Waals surface area (Å²) in [6, 6.07) is 11.2. The number of nitrogens with zero attached hydrogens (tertiary/aromatic N) is 1. The number of carboxylic acids is 1. The minimum atomic E-state index is -5.08. The largest absolute Gasteiger partial charge is 0.490 e. The zero-order valence-corrected chi connectivity index (χ0v) is 17.1. The van der Waals surface area contributed by atoms with Crippen molar-refractivity contribution in [2.75, 3.05) is 6.54 Å². The van der Waals surface area contributed by atoms with Crippen molar-refractivity contribution < 1.29 is 27.9 Å². The van der Waals surface area contributed by atoms with Crippen LogP contribution in [0, 0.1) is 0 Å². The SMILES string of the molecule is O=C(O)C(F)(F)F.O=C1NCCc2[nH]c(-c3ccnc(-c4ccc(Cl)c(Cl)c4)c3)cc21. The van der Waals surface area contributed by atoms with E-state index >= 15 is 0 Å². The van der Waals surface area contributed by atoms with Gasteiger partial charge in [-0.2, -0.15) is 13.2 Å². The maximum atomic E-state index is 11.9. The van der Waals surface area contributed by atoms with Crippen molar-refractivity contribution in [1.29, 1.82) is 0 Å². The number of H-pyrrole nitrogens is 1. The molecule has 11 heteroatoms. The highest BCUT2D eigenvalue weighted by Gasteiger charge is 2.38. The van der Waals surface area contributed by atoms with E-state index < -0.39 is 12.1 Å². The normalized spacial score (nSPS) is 13.0. The van der Waals surface area contributed by atoms with Crippen molar-refractivity contribution in [1.82, 2.24) is 15.3 Å². The molecule has 0 saturated heterocycles. The van der Waals surface area contributed by atoms with Gasteiger partial charge in [-0.15, -0.1) is 0 Å². The van der Waals surface area contributed by atoms with Crippen LogP contribution in [0.2, 0.25) is 10.0 Å². The van der Waals surface area contributed by atoms with Crippen molar-refractivity contribution in [3.63, 3.8) is 0 Å². The molecule has 0 spiro atoms. The lowest BCUT2D eigenvalue weighted by Crippen LogP contribution is -2.31. The van der Waals surface area contributed by atoms with Gasteiger partial charge in [0, 0.05) is 41.7 Å². The molecule has 1 amide bonds. The number of halogens is 5. The summed E-state index contributed by atoms with van der Waals surface area (Å²) in [7, 11) is 0. The Morgan fingerprint density at radius 3 is 2.39 bits per heavy atom. The zero-order valence-electron chi connectivity index (χ0n) is 15.6. The highest BCUT2D eigenvalue weighted by atomic mass is 35.5. The summed E-state index contributed by atoms with van der Waals surface area (Å²) >= 11 is 12.1. The lowest BCUT2D eigenvalue weighted by Gasteiger charge is -2.11. The number of fused-ring (bicyclic) bond motifs is 1. The Morgan fingerprint density at radius 1 is 1.06 bits per heavy atom. The first-order chi connectivity index (χ1) is 14.6. The molecule has 3 aromatic rings. The molecule has 0 bridgehead atoms. The first kappa shape index (κ1) is 22.6. The van der Waals surface area contributed by atoms with Crippen LogP contribution >= 0.6 is 23.2 Å². The maximum Gasteiger partial charge on any atom is 0.490 e. The minimum absolute atomic E-state index is 0.0301. The third kappa shape index (κ3) is 5.36. The van der Waals surface area contributed by atoms with E-state index in [0.717, 1.165) is 34.6 Å². The molecule has 3 N–H and O–H groups in total. The molecule has 6 nitrogen and oxygen atoms in total. The van der Waals surface area contributed by atoms with Crippen LogP contribution in [0.3, 0.4) is 0 Å². The number of benzene rings is 1. The molecule has 0 unspecified atom stereocenters. The molecule has 4 rings (SSSR count). The van der Waals surface area contributed by atoms with Gasteiger partial charge in [0.2, 0.25) is 0 Å². The van der Waals surface area contributed by atoms with E-state index in [1.165, 1.54) is 0 Å². The molecule has 1 aromatic carbocycles. The molecule has 1 aliphatic rings. The van der Waals surface area contributed by atoms with Crippen molar-refractivity contribution in [2.45, 2.75) is 12.6 Å². The van der Waals surface area contributed by atoms with Crippen molar-refractivity contribution >= 4 is 35.1 Å². The number of aliphatic carboxylic acids is 1. The van der Waals surface area contributed by atoms with Gasteiger partial charge in [0.1, 0.15) is 0 Å². The molecule has 0 saturated carbocycles. The third-order valence-electron chi connectivity index (χ3n) is 4.33. The van der Waals surface area contributed by atoms with Crippen LogP contribution in [0.5, 0.6) is 0 Å². The lowest BCUT2D eigenvalue weighted by molar-refractivity contribution is -0.192. The fourth-order valence-electron chi connectivity index (χ4n) is 2.86. The monoisotopic (exact) mass is 471 g/mol. The fraction of sp³-hybridized carbons (Fsp3) is 0.150. The maximum absolute atomic E-state index is 11.9. The Hall–Kier alpha value is -3.04. The van der Waals surface area contributed by atoms with Gasteiger partial charge in [-0.25, -0.2) is 4.79 Å². The summed E-state index contributed by atoms with van der Waals surface area (Å²) in [6.45, 7) is 0.663. The molecule has 2 aromatic heterocycles. The van der Waals surface area contributed by atoms with Crippen LogP contribution in [-0.2, 0) is 11.2 Å². The number of aromatic amines is 1. The van der Waals surface area contributed by atoms with E-state index in [2.05, 4.69) is 15.3 Å². The van der Waals surface area contributed by atoms with Crippen molar-refractivity contribution in [3.05, 3.63) is 63.9 Å². The van der Waals surface area contributed by atoms with Crippen LogP contribution in [0.25, 0.3) is 22.5 Å². The van der Waals surface area contributed by atoms with Crippen LogP contribution in [0.4, 0.5) is 13.2 Å². The van der Waals surface area contributed by atoms with Crippen molar-refractivity contribution in [2.24, 2.45) is 0 Å². The van der Waals surface area contributed by atoms with E-state index in [4.69, 9.17) is 33.1 Å². The molecule has 31 heavy (non-hydrogen) atoms. The van der Waals surface area contributed by atoms with Gasteiger partial charge in [0.05, 0.1) is 21.3 Å². The average Bonchev–Trinajstić information content (AvgIpc) is 3.16. The predicted octanol–water partition coefficient (Wildman–Crippen LogP) is 4.97. The number of alkyl halides is 3. The van der Waals surface area contributed by atoms with E-state index in [1.54, 1.807) is 18.3 Å². The number of carbonyl (C=O) groups is 2. The van der Waals surface area contributed by atoms with Crippen LogP contribution in [0.15, 0.2) is 42.6 Å². The standard InChI is InChI=1S/C18H13Cl2N3O.C2HF3O2/c19-13-2-1-10(7-14(13)20)16-8-11(3-5-21-16)17-9-12-15(23-17)4-6-22-18(12)24;3-2(4,5)1(6)7/h1-3,5,7-9,23H,4,6H2,(H,22,24);(H,6,7). The number of nitrogens with one attached hydrogen (secondary N) is 2. The summed E-state index contributed by atoms with van der Waals surface area (Å²) in [6.07, 6.45) is -2.53. The molecule has 0 atom stereocenters. The van der Waals surface area contributed by atoms with Gasteiger partial charge in [-0.05, 0) is 30.3 Å². The lowest BCUT2D eigenvalue weighted by atomic mass is 10.1.